The summed E-state index contributed by atoms with van der Waals surface area (Å²) in [5, 5.41) is 0. The van der Waals surface area contributed by atoms with Gasteiger partial charge >= 0.3 is 0 Å². The molecule has 0 aliphatic carbocycles. The van der Waals surface area contributed by atoms with E-state index in [0.717, 1.165) is 55.4 Å². The molecule has 5 rings (SSSR count). The van der Waals surface area contributed by atoms with Gasteiger partial charge in [-0.05, 0) is 68.9 Å². The molecule has 1 aromatic heterocycles. The van der Waals surface area contributed by atoms with Crippen LogP contribution in [-0.4, -0.2) is 42.1 Å². The van der Waals surface area contributed by atoms with Crippen molar-refractivity contribution in [3.8, 4) is 0 Å². The van der Waals surface area contributed by atoms with Crippen LogP contribution >= 0.6 is 0 Å². The number of aldehydes is 1. The first kappa shape index (κ1) is 22.1. The van der Waals surface area contributed by atoms with Gasteiger partial charge in [-0.1, -0.05) is 12.1 Å². The van der Waals surface area contributed by atoms with Crippen molar-refractivity contribution in [2.45, 2.75) is 64.0 Å². The molecule has 2 aromatic carbocycles. The number of hydrogen-bond acceptors (Lipinski definition) is 4. The number of carbonyl (C=O) groups excluding carboxylic acids is 1. The Labute approximate surface area is 194 Å². The van der Waals surface area contributed by atoms with Crippen LogP contribution in [0.4, 0.5) is 10.1 Å². The molecule has 3 atom stereocenters. The molecule has 2 aliphatic rings. The predicted octanol–water partition coefficient (Wildman–Crippen LogP) is 5.13. The fraction of sp³-hybridized carbons (Fsp3) is 0.481. The summed E-state index contributed by atoms with van der Waals surface area (Å²) in [7, 11) is 2.15. The minimum Gasteiger partial charge on any atom is -0.379 e. The van der Waals surface area contributed by atoms with Gasteiger partial charge in [-0.3, -0.25) is 0 Å². The minimum absolute atomic E-state index is 0.194. The zero-order chi connectivity index (χ0) is 23.1. The highest BCUT2D eigenvalue weighted by Gasteiger charge is 2.28. The number of anilines is 1. The van der Waals surface area contributed by atoms with Crippen molar-refractivity contribution in [1.29, 1.82) is 0 Å². The van der Waals surface area contributed by atoms with Crippen molar-refractivity contribution in [1.82, 2.24) is 9.55 Å². The fourth-order valence-corrected chi connectivity index (χ4v) is 5.38. The summed E-state index contributed by atoms with van der Waals surface area (Å²) in [4.78, 5) is 19.6. The van der Waals surface area contributed by atoms with Crippen molar-refractivity contribution in [3.05, 3.63) is 58.7 Å². The van der Waals surface area contributed by atoms with Crippen LogP contribution in [0.3, 0.4) is 0 Å². The van der Waals surface area contributed by atoms with E-state index in [1.54, 1.807) is 13.0 Å². The summed E-state index contributed by atoms with van der Waals surface area (Å²) < 4.78 is 22.4. The second-order valence-electron chi connectivity index (χ2n) is 9.65. The maximum Gasteiger partial charge on any atom is 0.127 e. The van der Waals surface area contributed by atoms with E-state index in [-0.39, 0.29) is 11.9 Å². The van der Waals surface area contributed by atoms with Crippen molar-refractivity contribution in [2.75, 3.05) is 25.2 Å². The van der Waals surface area contributed by atoms with Gasteiger partial charge in [0.2, 0.25) is 0 Å². The lowest BCUT2D eigenvalue weighted by atomic mass is 9.95. The highest BCUT2D eigenvalue weighted by atomic mass is 19.1. The van der Waals surface area contributed by atoms with Gasteiger partial charge in [0.05, 0.1) is 23.7 Å². The van der Waals surface area contributed by atoms with Crippen molar-refractivity contribution in [2.24, 2.45) is 0 Å². The third-order valence-corrected chi connectivity index (χ3v) is 7.56. The van der Waals surface area contributed by atoms with E-state index in [9.17, 15) is 9.18 Å². The van der Waals surface area contributed by atoms with E-state index < -0.39 is 5.92 Å². The molecular formula is C27H32FN3O2. The topological polar surface area (TPSA) is 47.4 Å². The molecule has 0 amide bonds. The minimum atomic E-state index is -0.446. The van der Waals surface area contributed by atoms with Gasteiger partial charge < -0.3 is 19.0 Å². The molecule has 1 saturated heterocycles. The zero-order valence-corrected chi connectivity index (χ0v) is 19.7. The monoisotopic (exact) mass is 449 g/mol. The van der Waals surface area contributed by atoms with E-state index in [1.807, 2.05) is 6.07 Å². The van der Waals surface area contributed by atoms with Gasteiger partial charge in [-0.15, -0.1) is 0 Å². The molecule has 6 heteroatoms. The van der Waals surface area contributed by atoms with Crippen LogP contribution in [0.15, 0.2) is 30.3 Å². The van der Waals surface area contributed by atoms with Crippen molar-refractivity contribution < 1.29 is 13.9 Å². The van der Waals surface area contributed by atoms with Crippen molar-refractivity contribution in [3.63, 3.8) is 0 Å². The SMILES string of the molecule is Cc1ccc(C(C=O)Cc2nc3c4c(ccc3n2C2CCCOC2)N(C)C(C)CC4)cc1F. The molecule has 3 heterocycles. The Kier molecular flexibility index (Phi) is 5.95. The van der Waals surface area contributed by atoms with Crippen molar-refractivity contribution >= 4 is 23.0 Å². The van der Waals surface area contributed by atoms with Gasteiger partial charge in [0.15, 0.2) is 0 Å². The maximum absolute atomic E-state index is 14.3. The second-order valence-corrected chi connectivity index (χ2v) is 9.65. The number of imidazole rings is 1. The largest absolute Gasteiger partial charge is 0.379 e. The highest BCUT2D eigenvalue weighted by molar-refractivity contribution is 5.86. The van der Waals surface area contributed by atoms with E-state index >= 15 is 0 Å². The average Bonchev–Trinajstić information content (AvgIpc) is 3.20. The molecule has 0 saturated carbocycles. The third-order valence-electron chi connectivity index (χ3n) is 7.56. The van der Waals surface area contributed by atoms with Crippen LogP contribution < -0.4 is 4.90 Å². The second kappa shape index (κ2) is 8.90. The number of nitrogens with zero attached hydrogens (tertiary/aromatic N) is 3. The van der Waals surface area contributed by atoms with Gasteiger partial charge in [-0.25, -0.2) is 9.37 Å². The Morgan fingerprint density at radius 1 is 1.27 bits per heavy atom. The fourth-order valence-electron chi connectivity index (χ4n) is 5.38. The number of aryl methyl sites for hydroxylation is 2. The van der Waals surface area contributed by atoms with Gasteiger partial charge in [0.25, 0.3) is 0 Å². The molecule has 0 bridgehead atoms. The molecule has 33 heavy (non-hydrogen) atoms. The lowest BCUT2D eigenvalue weighted by Crippen LogP contribution is -2.33. The van der Waals surface area contributed by atoms with Crippen LogP contribution in [-0.2, 0) is 22.4 Å². The van der Waals surface area contributed by atoms with Gasteiger partial charge in [-0.2, -0.15) is 0 Å². The van der Waals surface area contributed by atoms with Gasteiger partial charge in [0.1, 0.15) is 17.9 Å². The molecule has 5 nitrogen and oxygen atoms in total. The number of fused-ring (bicyclic) bond motifs is 3. The van der Waals surface area contributed by atoms with Crippen LogP contribution in [0, 0.1) is 12.7 Å². The summed E-state index contributed by atoms with van der Waals surface area (Å²) in [6, 6.07) is 10.2. The average molecular weight is 450 g/mol. The zero-order valence-electron chi connectivity index (χ0n) is 19.7. The number of aromatic nitrogens is 2. The predicted molar refractivity (Wildman–Crippen MR) is 129 cm³/mol. The number of ether oxygens (including phenoxy) is 1. The first-order valence-corrected chi connectivity index (χ1v) is 12.0. The Morgan fingerprint density at radius 2 is 2.12 bits per heavy atom. The standard InChI is InChI=1S/C27H32FN3O2/c1-17-6-8-19(13-23(17)28)20(15-32)14-26-29-27-22-9-7-18(2)30(3)24(22)10-11-25(27)31(26)21-5-4-12-33-16-21/h6,8,10-11,13,15,18,20-21H,4-5,7,9,12,14,16H2,1-3H3. The lowest BCUT2D eigenvalue weighted by Gasteiger charge is -2.34. The summed E-state index contributed by atoms with van der Waals surface area (Å²) in [6.07, 6.45) is 5.49. The number of halogens is 1. The number of hydrogen-bond donors (Lipinski definition) is 0. The normalized spacial score (nSPS) is 21.8. The maximum atomic E-state index is 14.3. The summed E-state index contributed by atoms with van der Waals surface area (Å²) >= 11 is 0. The Morgan fingerprint density at radius 3 is 2.85 bits per heavy atom. The molecular weight excluding hydrogens is 417 g/mol. The lowest BCUT2D eigenvalue weighted by molar-refractivity contribution is -0.109. The summed E-state index contributed by atoms with van der Waals surface area (Å²) in [5.41, 5.74) is 5.95. The molecule has 2 aliphatic heterocycles. The van der Waals surface area contributed by atoms with Crippen LogP contribution in [0.1, 0.15) is 60.7 Å². The Balaban J connectivity index is 1.61. The number of carbonyl (C=O) groups is 1. The first-order valence-electron chi connectivity index (χ1n) is 12.0. The molecule has 0 radical (unpaired) electrons. The Bertz CT molecular complexity index is 1180. The van der Waals surface area contributed by atoms with Crippen LogP contribution in [0.25, 0.3) is 11.0 Å². The highest BCUT2D eigenvalue weighted by Crippen LogP contribution is 2.38. The quantitative estimate of drug-likeness (QED) is 0.507. The van der Waals surface area contributed by atoms with Crippen LogP contribution in [0.5, 0.6) is 0 Å². The van der Waals surface area contributed by atoms with E-state index in [0.29, 0.717) is 30.2 Å². The molecule has 0 spiro atoms. The molecule has 174 valence electrons. The van der Waals surface area contributed by atoms with Gasteiger partial charge in [0, 0.05) is 43.3 Å². The summed E-state index contributed by atoms with van der Waals surface area (Å²) in [5.74, 6) is 0.159. The molecule has 1 fully saturated rings. The summed E-state index contributed by atoms with van der Waals surface area (Å²) in [6.45, 7) is 5.43. The third kappa shape index (κ3) is 3.95. The van der Waals surface area contributed by atoms with E-state index in [4.69, 9.17) is 9.72 Å². The van der Waals surface area contributed by atoms with Crippen LogP contribution in [0.2, 0.25) is 0 Å². The van der Waals surface area contributed by atoms with E-state index in [1.165, 1.54) is 17.3 Å². The smallest absolute Gasteiger partial charge is 0.127 e. The Hall–Kier alpha value is -2.73. The molecule has 3 aromatic rings. The van der Waals surface area contributed by atoms with E-state index in [2.05, 4.69) is 35.6 Å². The molecule has 3 unspecified atom stereocenters. The number of rotatable bonds is 5. The molecule has 0 N–H and O–H groups in total. The number of benzene rings is 2. The first-order chi connectivity index (χ1) is 16.0.